The van der Waals surface area contributed by atoms with Gasteiger partial charge in [0.1, 0.15) is 12.1 Å². The van der Waals surface area contributed by atoms with Gasteiger partial charge in [0.05, 0.1) is 18.8 Å². The normalized spacial score (nSPS) is 10.7. The van der Waals surface area contributed by atoms with Gasteiger partial charge in [-0.25, -0.2) is 9.97 Å². The molecule has 0 aliphatic carbocycles. The van der Waals surface area contributed by atoms with Crippen molar-refractivity contribution in [1.29, 1.82) is 0 Å². The highest BCUT2D eigenvalue weighted by Gasteiger charge is 2.07. The number of ether oxygens (including phenoxy) is 1. The van der Waals surface area contributed by atoms with Crippen molar-refractivity contribution in [2.24, 2.45) is 0 Å². The average Bonchev–Trinajstić information content (AvgIpc) is 2.86. The lowest BCUT2D eigenvalue weighted by atomic mass is 10.1. The summed E-state index contributed by atoms with van der Waals surface area (Å²) in [6.45, 7) is 7.18. The molecule has 2 aromatic heterocycles. The fourth-order valence-electron chi connectivity index (χ4n) is 1.52. The van der Waals surface area contributed by atoms with Crippen LogP contribution in [0, 0.1) is 0 Å². The number of nitrogens with one attached hydrogen (secondary N) is 1. The number of hydrogen-bond acceptors (Lipinski definition) is 6. The van der Waals surface area contributed by atoms with Crippen LogP contribution in [0.2, 0.25) is 0 Å². The van der Waals surface area contributed by atoms with Gasteiger partial charge in [0.2, 0.25) is 5.88 Å². The Hall–Kier alpha value is -2.11. The molecular weight excluding hydrogens is 244 g/mol. The fraction of sp³-hybridized carbons (Fsp3) is 0.462. The molecule has 2 rings (SSSR count). The maximum absolute atomic E-state index is 5.31. The minimum Gasteiger partial charge on any atom is -0.478 e. The molecule has 0 amide bonds. The number of aromatic nitrogens is 3. The van der Waals surface area contributed by atoms with Crippen LogP contribution in [-0.2, 0) is 6.54 Å². The van der Waals surface area contributed by atoms with Crippen molar-refractivity contribution in [3.63, 3.8) is 0 Å². The molecule has 0 unspecified atom stereocenters. The Morgan fingerprint density at radius 3 is 2.84 bits per heavy atom. The predicted molar refractivity (Wildman–Crippen MR) is 71.1 cm³/mol. The molecule has 0 aliphatic rings. The van der Waals surface area contributed by atoms with Crippen LogP contribution in [0.5, 0.6) is 5.88 Å². The summed E-state index contributed by atoms with van der Waals surface area (Å²) in [5, 5.41) is 7.15. The van der Waals surface area contributed by atoms with Gasteiger partial charge in [0.15, 0.2) is 5.76 Å². The zero-order chi connectivity index (χ0) is 13.7. The Bertz CT molecular complexity index is 525. The first-order chi connectivity index (χ1) is 9.19. The van der Waals surface area contributed by atoms with Gasteiger partial charge >= 0.3 is 0 Å². The zero-order valence-electron chi connectivity index (χ0n) is 11.4. The molecule has 1 N–H and O–H groups in total. The monoisotopic (exact) mass is 262 g/mol. The van der Waals surface area contributed by atoms with Crippen molar-refractivity contribution in [1.82, 2.24) is 15.1 Å². The molecule has 0 aliphatic heterocycles. The summed E-state index contributed by atoms with van der Waals surface area (Å²) in [7, 11) is 0. The van der Waals surface area contributed by atoms with E-state index in [4.69, 9.17) is 9.26 Å². The molecule has 0 saturated carbocycles. The van der Waals surface area contributed by atoms with E-state index in [2.05, 4.69) is 34.3 Å². The molecule has 2 aromatic rings. The molecule has 0 bridgehead atoms. The Balaban J connectivity index is 1.95. The average molecular weight is 262 g/mol. The van der Waals surface area contributed by atoms with Crippen molar-refractivity contribution in [2.75, 3.05) is 11.9 Å². The second kappa shape index (κ2) is 6.17. The van der Waals surface area contributed by atoms with Crippen LogP contribution in [0.25, 0.3) is 0 Å². The first-order valence-electron chi connectivity index (χ1n) is 6.33. The van der Waals surface area contributed by atoms with Crippen LogP contribution < -0.4 is 10.1 Å². The first-order valence-corrected chi connectivity index (χ1v) is 6.33. The molecule has 102 valence electrons. The molecule has 6 heteroatoms. The van der Waals surface area contributed by atoms with Crippen LogP contribution in [0.3, 0.4) is 0 Å². The molecule has 2 heterocycles. The van der Waals surface area contributed by atoms with Crippen molar-refractivity contribution in [2.45, 2.75) is 33.2 Å². The summed E-state index contributed by atoms with van der Waals surface area (Å²) in [6.07, 6.45) is 1.47. The molecule has 0 radical (unpaired) electrons. The maximum atomic E-state index is 5.31. The summed E-state index contributed by atoms with van der Waals surface area (Å²) < 4.78 is 10.5. The van der Waals surface area contributed by atoms with Gasteiger partial charge in [-0.1, -0.05) is 19.0 Å². The van der Waals surface area contributed by atoms with Crippen molar-refractivity contribution < 1.29 is 9.26 Å². The van der Waals surface area contributed by atoms with Gasteiger partial charge < -0.3 is 14.6 Å². The maximum Gasteiger partial charge on any atom is 0.218 e. The highest BCUT2D eigenvalue weighted by atomic mass is 16.5. The van der Waals surface area contributed by atoms with Crippen LogP contribution in [0.4, 0.5) is 5.82 Å². The Kier molecular flexibility index (Phi) is 4.33. The molecule has 0 spiro atoms. The number of nitrogens with zero attached hydrogens (tertiary/aromatic N) is 3. The highest BCUT2D eigenvalue weighted by molar-refractivity contribution is 5.37. The number of anilines is 1. The largest absolute Gasteiger partial charge is 0.478 e. The smallest absolute Gasteiger partial charge is 0.218 e. The van der Waals surface area contributed by atoms with E-state index >= 15 is 0 Å². The Morgan fingerprint density at radius 1 is 1.32 bits per heavy atom. The van der Waals surface area contributed by atoms with E-state index in [9.17, 15) is 0 Å². The van der Waals surface area contributed by atoms with Crippen LogP contribution >= 0.6 is 0 Å². The second-order valence-electron chi connectivity index (χ2n) is 4.40. The molecule has 19 heavy (non-hydrogen) atoms. The third-order valence-corrected chi connectivity index (χ3v) is 2.55. The molecular formula is C13H18N4O2. The van der Waals surface area contributed by atoms with E-state index in [1.54, 1.807) is 6.07 Å². The van der Waals surface area contributed by atoms with Crippen LogP contribution in [0.15, 0.2) is 23.0 Å². The summed E-state index contributed by atoms with van der Waals surface area (Å²) >= 11 is 0. The standard InChI is InChI=1S/C13H18N4O2/c1-4-18-13-6-12(15-8-16-13)14-7-10-5-11(9(2)3)17-19-10/h5-6,8-9H,4,7H2,1-3H3,(H,14,15,16). The van der Waals surface area contributed by atoms with Gasteiger partial charge in [-0.3, -0.25) is 0 Å². The van der Waals surface area contributed by atoms with Crippen molar-refractivity contribution in [3.8, 4) is 5.88 Å². The molecule has 6 nitrogen and oxygen atoms in total. The van der Waals surface area contributed by atoms with Gasteiger partial charge in [-0.2, -0.15) is 0 Å². The van der Waals surface area contributed by atoms with Crippen LogP contribution in [-0.4, -0.2) is 21.7 Å². The SMILES string of the molecule is CCOc1cc(NCc2cc(C(C)C)no2)ncn1. The summed E-state index contributed by atoms with van der Waals surface area (Å²) in [4.78, 5) is 8.12. The van der Waals surface area contributed by atoms with E-state index in [0.29, 0.717) is 30.8 Å². The fourth-order valence-corrected chi connectivity index (χ4v) is 1.52. The summed E-state index contributed by atoms with van der Waals surface area (Å²) in [5.74, 6) is 2.39. The van der Waals surface area contributed by atoms with Crippen molar-refractivity contribution in [3.05, 3.63) is 29.9 Å². The third kappa shape index (κ3) is 3.67. The molecule has 0 aromatic carbocycles. The summed E-state index contributed by atoms with van der Waals surface area (Å²) in [6, 6.07) is 3.70. The lowest BCUT2D eigenvalue weighted by Gasteiger charge is -2.05. The molecule has 0 fully saturated rings. The number of rotatable bonds is 6. The first kappa shape index (κ1) is 13.3. The Morgan fingerprint density at radius 2 is 2.16 bits per heavy atom. The van der Waals surface area contributed by atoms with Crippen molar-refractivity contribution >= 4 is 5.82 Å². The molecule has 0 atom stereocenters. The summed E-state index contributed by atoms with van der Waals surface area (Å²) in [5.41, 5.74) is 0.953. The van der Waals surface area contributed by atoms with E-state index in [-0.39, 0.29) is 0 Å². The Labute approximate surface area is 112 Å². The predicted octanol–water partition coefficient (Wildman–Crippen LogP) is 2.60. The van der Waals surface area contributed by atoms with E-state index in [1.807, 2.05) is 13.0 Å². The second-order valence-corrected chi connectivity index (χ2v) is 4.40. The van der Waals surface area contributed by atoms with E-state index in [1.165, 1.54) is 6.33 Å². The van der Waals surface area contributed by atoms with Gasteiger partial charge in [0.25, 0.3) is 0 Å². The zero-order valence-corrected chi connectivity index (χ0v) is 11.4. The van der Waals surface area contributed by atoms with Gasteiger partial charge in [-0.05, 0) is 12.8 Å². The minimum absolute atomic E-state index is 0.362. The number of hydrogen-bond donors (Lipinski definition) is 1. The lowest BCUT2D eigenvalue weighted by molar-refractivity contribution is 0.326. The quantitative estimate of drug-likeness (QED) is 0.862. The van der Waals surface area contributed by atoms with Gasteiger partial charge in [0, 0.05) is 12.1 Å². The third-order valence-electron chi connectivity index (χ3n) is 2.55. The molecule has 0 saturated heterocycles. The highest BCUT2D eigenvalue weighted by Crippen LogP contribution is 2.16. The minimum atomic E-state index is 0.362. The topological polar surface area (TPSA) is 73.1 Å². The van der Waals surface area contributed by atoms with E-state index in [0.717, 1.165) is 11.5 Å². The van der Waals surface area contributed by atoms with Crippen LogP contribution in [0.1, 0.15) is 38.1 Å². The van der Waals surface area contributed by atoms with Gasteiger partial charge in [-0.15, -0.1) is 0 Å². The van der Waals surface area contributed by atoms with E-state index < -0.39 is 0 Å². The lowest BCUT2D eigenvalue weighted by Crippen LogP contribution is -2.02.